The quantitative estimate of drug-likeness (QED) is 0.485. The van der Waals surface area contributed by atoms with Crippen molar-refractivity contribution in [3.8, 4) is 0 Å². The molecule has 2 fully saturated rings. The Morgan fingerprint density at radius 2 is 1.85 bits per heavy atom. The van der Waals surface area contributed by atoms with Crippen LogP contribution in [0.5, 0.6) is 0 Å². The number of hydrogen-bond acceptors (Lipinski definition) is 1. The summed E-state index contributed by atoms with van der Waals surface area (Å²) in [4.78, 5) is 0. The Kier molecular flexibility index (Phi) is 3.18. The standard InChI is InChI=1S/C11H20IN/c1-10-4-8-11(6-2-3-7-11)13(12)9-5-10/h10H,2-9H2,1H3/t10-/m1/s1. The molecular weight excluding hydrogens is 273 g/mol. The van der Waals surface area contributed by atoms with E-state index in [1.807, 2.05) is 0 Å². The minimum absolute atomic E-state index is 0.616. The topological polar surface area (TPSA) is 3.24 Å². The van der Waals surface area contributed by atoms with Crippen LogP contribution in [0.2, 0.25) is 0 Å². The van der Waals surface area contributed by atoms with Crippen LogP contribution in [0.3, 0.4) is 0 Å². The van der Waals surface area contributed by atoms with Crippen LogP contribution in [-0.2, 0) is 0 Å². The number of halogens is 1. The molecule has 0 aromatic rings. The van der Waals surface area contributed by atoms with Gasteiger partial charge in [-0.3, -0.25) is 0 Å². The number of nitrogens with zero attached hydrogens (tertiary/aromatic N) is 1. The summed E-state index contributed by atoms with van der Waals surface area (Å²) < 4.78 is 2.64. The van der Waals surface area contributed by atoms with Crippen LogP contribution in [0.1, 0.15) is 51.9 Å². The second-order valence-electron chi connectivity index (χ2n) is 4.95. The van der Waals surface area contributed by atoms with Gasteiger partial charge in [-0.25, -0.2) is 3.11 Å². The summed E-state index contributed by atoms with van der Waals surface area (Å²) in [6.07, 6.45) is 10.2. The average Bonchev–Trinajstić information content (AvgIpc) is 2.55. The minimum Gasteiger partial charge on any atom is -0.241 e. The zero-order valence-electron chi connectivity index (χ0n) is 8.56. The summed E-state index contributed by atoms with van der Waals surface area (Å²) in [5.41, 5.74) is 0.616. The van der Waals surface area contributed by atoms with Gasteiger partial charge in [-0.05, 0) is 38.0 Å². The Labute approximate surface area is 95.8 Å². The van der Waals surface area contributed by atoms with Gasteiger partial charge in [0.1, 0.15) is 0 Å². The summed E-state index contributed by atoms with van der Waals surface area (Å²) in [6.45, 7) is 3.74. The zero-order valence-corrected chi connectivity index (χ0v) is 10.7. The monoisotopic (exact) mass is 293 g/mol. The van der Waals surface area contributed by atoms with Crippen molar-refractivity contribution in [2.45, 2.75) is 57.4 Å². The van der Waals surface area contributed by atoms with E-state index in [1.165, 1.54) is 51.5 Å². The van der Waals surface area contributed by atoms with Gasteiger partial charge in [0.2, 0.25) is 0 Å². The Morgan fingerprint density at radius 1 is 1.15 bits per heavy atom. The predicted octanol–water partition coefficient (Wildman–Crippen LogP) is 3.77. The molecule has 1 atom stereocenters. The van der Waals surface area contributed by atoms with Crippen molar-refractivity contribution < 1.29 is 0 Å². The third kappa shape index (κ3) is 2.04. The van der Waals surface area contributed by atoms with Crippen molar-refractivity contribution in [2.75, 3.05) is 6.54 Å². The van der Waals surface area contributed by atoms with Crippen molar-refractivity contribution in [3.63, 3.8) is 0 Å². The Bertz CT molecular complexity index is 175. The van der Waals surface area contributed by atoms with Crippen molar-refractivity contribution in [2.24, 2.45) is 5.92 Å². The van der Waals surface area contributed by atoms with E-state index in [9.17, 15) is 0 Å². The van der Waals surface area contributed by atoms with Gasteiger partial charge in [0.15, 0.2) is 0 Å². The van der Waals surface area contributed by atoms with Gasteiger partial charge >= 0.3 is 0 Å². The SMILES string of the molecule is C[C@H]1CCN(I)C2(CCCC2)CC1. The first-order valence-electron chi connectivity index (χ1n) is 5.66. The smallest absolute Gasteiger partial charge is 0.0305 e. The lowest BCUT2D eigenvalue weighted by Gasteiger charge is -2.35. The first kappa shape index (κ1) is 10.2. The van der Waals surface area contributed by atoms with Crippen LogP contribution in [0.15, 0.2) is 0 Å². The van der Waals surface area contributed by atoms with Gasteiger partial charge in [-0.2, -0.15) is 0 Å². The molecule has 1 aliphatic carbocycles. The van der Waals surface area contributed by atoms with Crippen LogP contribution in [0.25, 0.3) is 0 Å². The van der Waals surface area contributed by atoms with Crippen LogP contribution < -0.4 is 0 Å². The van der Waals surface area contributed by atoms with Crippen molar-refractivity contribution >= 4 is 22.9 Å². The molecule has 0 amide bonds. The molecule has 0 unspecified atom stereocenters. The van der Waals surface area contributed by atoms with E-state index in [2.05, 4.69) is 32.9 Å². The summed E-state index contributed by atoms with van der Waals surface area (Å²) >= 11 is 2.58. The molecule has 1 nitrogen and oxygen atoms in total. The Hall–Kier alpha value is 0.690. The molecule has 1 saturated heterocycles. The predicted molar refractivity (Wildman–Crippen MR) is 64.9 cm³/mol. The fourth-order valence-electron chi connectivity index (χ4n) is 2.88. The van der Waals surface area contributed by atoms with Crippen LogP contribution >= 0.6 is 22.9 Å². The van der Waals surface area contributed by atoms with Crippen molar-refractivity contribution in [1.29, 1.82) is 0 Å². The van der Waals surface area contributed by atoms with Crippen molar-refractivity contribution in [3.05, 3.63) is 0 Å². The van der Waals surface area contributed by atoms with Crippen LogP contribution in [-0.4, -0.2) is 15.2 Å². The van der Waals surface area contributed by atoms with E-state index in [-0.39, 0.29) is 0 Å². The lowest BCUT2D eigenvalue weighted by molar-refractivity contribution is 0.228. The van der Waals surface area contributed by atoms with E-state index >= 15 is 0 Å². The highest BCUT2D eigenvalue weighted by Crippen LogP contribution is 2.43. The fourth-order valence-corrected chi connectivity index (χ4v) is 3.88. The summed E-state index contributed by atoms with van der Waals surface area (Å²) in [5, 5.41) is 0. The van der Waals surface area contributed by atoms with E-state index < -0.39 is 0 Å². The highest BCUT2D eigenvalue weighted by Gasteiger charge is 2.39. The van der Waals surface area contributed by atoms with Gasteiger partial charge < -0.3 is 0 Å². The van der Waals surface area contributed by atoms with Crippen molar-refractivity contribution in [1.82, 2.24) is 3.11 Å². The molecule has 13 heavy (non-hydrogen) atoms. The lowest BCUT2D eigenvalue weighted by Crippen LogP contribution is -2.39. The van der Waals surface area contributed by atoms with E-state index in [0.29, 0.717) is 5.54 Å². The van der Waals surface area contributed by atoms with Gasteiger partial charge in [-0.15, -0.1) is 0 Å². The van der Waals surface area contributed by atoms with E-state index in [0.717, 1.165) is 5.92 Å². The molecule has 1 aliphatic heterocycles. The zero-order chi connectivity index (χ0) is 9.31. The third-order valence-corrected chi connectivity index (χ3v) is 5.48. The van der Waals surface area contributed by atoms with Crippen LogP contribution in [0, 0.1) is 5.92 Å². The van der Waals surface area contributed by atoms with Crippen LogP contribution in [0.4, 0.5) is 0 Å². The first-order chi connectivity index (χ1) is 6.23. The van der Waals surface area contributed by atoms with Gasteiger partial charge in [-0.1, -0.05) is 19.8 Å². The normalized spacial score (nSPS) is 35.1. The molecule has 0 N–H and O–H groups in total. The summed E-state index contributed by atoms with van der Waals surface area (Å²) in [5.74, 6) is 0.956. The minimum atomic E-state index is 0.616. The van der Waals surface area contributed by atoms with Gasteiger partial charge in [0, 0.05) is 34.9 Å². The highest BCUT2D eigenvalue weighted by molar-refractivity contribution is 14.1. The highest BCUT2D eigenvalue weighted by atomic mass is 127. The largest absolute Gasteiger partial charge is 0.241 e. The average molecular weight is 293 g/mol. The maximum atomic E-state index is 2.64. The molecule has 2 heteroatoms. The molecule has 2 aliphatic rings. The maximum absolute atomic E-state index is 2.64. The molecule has 0 aromatic carbocycles. The van der Waals surface area contributed by atoms with Gasteiger partial charge in [0.05, 0.1) is 0 Å². The fraction of sp³-hybridized carbons (Fsp3) is 1.00. The molecule has 76 valence electrons. The molecule has 0 radical (unpaired) electrons. The van der Waals surface area contributed by atoms with E-state index in [4.69, 9.17) is 0 Å². The Balaban J connectivity index is 2.07. The molecular formula is C11H20IN. The molecule has 1 saturated carbocycles. The molecule has 2 rings (SSSR count). The maximum Gasteiger partial charge on any atom is 0.0305 e. The molecule has 0 bridgehead atoms. The molecule has 1 heterocycles. The second-order valence-corrected chi connectivity index (χ2v) is 6.11. The van der Waals surface area contributed by atoms with Gasteiger partial charge in [0.25, 0.3) is 0 Å². The summed E-state index contributed by atoms with van der Waals surface area (Å²) in [7, 11) is 0. The second kappa shape index (κ2) is 4.05. The molecule has 0 aromatic heterocycles. The summed E-state index contributed by atoms with van der Waals surface area (Å²) in [6, 6.07) is 0. The lowest BCUT2D eigenvalue weighted by atomic mass is 9.90. The van der Waals surface area contributed by atoms with E-state index in [1.54, 1.807) is 0 Å². The first-order valence-corrected chi connectivity index (χ1v) is 6.63. The molecule has 1 spiro atoms. The Morgan fingerprint density at radius 3 is 2.54 bits per heavy atom. The number of rotatable bonds is 0. The number of hydrogen-bond donors (Lipinski definition) is 0. The third-order valence-electron chi connectivity index (χ3n) is 3.97.